The fourth-order valence-corrected chi connectivity index (χ4v) is 1.98. The van der Waals surface area contributed by atoms with Crippen LogP contribution >= 0.6 is 0 Å². The molecule has 0 aliphatic heterocycles. The minimum absolute atomic E-state index is 0.0921. The van der Waals surface area contributed by atoms with Gasteiger partial charge in [-0.05, 0) is 30.2 Å². The first-order valence-electron chi connectivity index (χ1n) is 6.76. The third-order valence-corrected chi connectivity index (χ3v) is 3.21. The summed E-state index contributed by atoms with van der Waals surface area (Å²) in [5.41, 5.74) is 2.81. The average molecular weight is 269 g/mol. The molecule has 0 fully saturated rings. The monoisotopic (exact) mass is 269 g/mol. The Bertz CT molecular complexity index is 576. The molecule has 0 aliphatic carbocycles. The van der Waals surface area contributed by atoms with Crippen LogP contribution in [0.3, 0.4) is 0 Å². The zero-order valence-corrected chi connectivity index (χ0v) is 11.8. The fraction of sp³-hybridized carbons (Fsp3) is 0.235. The van der Waals surface area contributed by atoms with E-state index >= 15 is 0 Å². The number of amides is 1. The molecule has 1 amide bonds. The van der Waals surface area contributed by atoms with Gasteiger partial charge in [0.2, 0.25) is 0 Å². The molecule has 0 aromatic heterocycles. The van der Waals surface area contributed by atoms with Crippen molar-refractivity contribution in [1.29, 1.82) is 0 Å². The molecule has 0 saturated carbocycles. The Labute approximate surface area is 119 Å². The van der Waals surface area contributed by atoms with Crippen LogP contribution in [0.5, 0.6) is 5.75 Å². The third-order valence-electron chi connectivity index (χ3n) is 3.21. The summed E-state index contributed by atoms with van der Waals surface area (Å²) in [6.45, 7) is 2.50. The van der Waals surface area contributed by atoms with Crippen LogP contribution in [0.2, 0.25) is 0 Å². The fourth-order valence-electron chi connectivity index (χ4n) is 1.98. The van der Waals surface area contributed by atoms with E-state index in [4.69, 9.17) is 4.74 Å². The minimum atomic E-state index is -0.0921. The van der Waals surface area contributed by atoms with Gasteiger partial charge in [-0.15, -0.1) is 0 Å². The van der Waals surface area contributed by atoms with Gasteiger partial charge in [0.1, 0.15) is 12.4 Å². The second kappa shape index (κ2) is 6.75. The van der Waals surface area contributed by atoms with Gasteiger partial charge in [0.05, 0.1) is 0 Å². The predicted octanol–water partition coefficient (Wildman–Crippen LogP) is 3.19. The lowest BCUT2D eigenvalue weighted by Crippen LogP contribution is -2.20. The molecular weight excluding hydrogens is 250 g/mol. The lowest BCUT2D eigenvalue weighted by molar-refractivity contribution is 0.0960. The summed E-state index contributed by atoms with van der Waals surface area (Å²) in [4.78, 5) is 11.8. The van der Waals surface area contributed by atoms with E-state index in [-0.39, 0.29) is 5.91 Å². The molecule has 0 saturated heterocycles. The van der Waals surface area contributed by atoms with Crippen LogP contribution in [-0.2, 0) is 13.0 Å². The molecule has 2 aromatic carbocycles. The molecule has 0 aliphatic rings. The maximum absolute atomic E-state index is 11.8. The highest BCUT2D eigenvalue weighted by Gasteiger charge is 2.09. The van der Waals surface area contributed by atoms with Crippen LogP contribution < -0.4 is 10.1 Å². The van der Waals surface area contributed by atoms with Gasteiger partial charge in [-0.25, -0.2) is 0 Å². The van der Waals surface area contributed by atoms with Gasteiger partial charge in [0, 0.05) is 18.2 Å². The van der Waals surface area contributed by atoms with Gasteiger partial charge in [0.15, 0.2) is 0 Å². The lowest BCUT2D eigenvalue weighted by Gasteiger charge is -2.10. The average Bonchev–Trinajstić information content (AvgIpc) is 2.53. The van der Waals surface area contributed by atoms with Crippen molar-refractivity contribution >= 4 is 5.91 Å². The van der Waals surface area contributed by atoms with E-state index in [2.05, 4.69) is 24.4 Å². The molecule has 0 bridgehead atoms. The SMILES string of the molecule is CCc1ccc(OCc2ccccc2C(=O)NC)cc1. The van der Waals surface area contributed by atoms with E-state index in [0.29, 0.717) is 12.2 Å². The molecule has 1 N–H and O–H groups in total. The van der Waals surface area contributed by atoms with Crippen molar-refractivity contribution in [3.05, 3.63) is 65.2 Å². The van der Waals surface area contributed by atoms with E-state index < -0.39 is 0 Å². The number of nitrogens with one attached hydrogen (secondary N) is 1. The van der Waals surface area contributed by atoms with Gasteiger partial charge in [0.25, 0.3) is 5.91 Å². The number of hydrogen-bond acceptors (Lipinski definition) is 2. The minimum Gasteiger partial charge on any atom is -0.489 e. The summed E-state index contributed by atoms with van der Waals surface area (Å²) in [6.07, 6.45) is 1.01. The molecule has 20 heavy (non-hydrogen) atoms. The molecule has 3 heteroatoms. The standard InChI is InChI=1S/C17H19NO2/c1-3-13-8-10-15(11-9-13)20-12-14-6-4-5-7-16(14)17(19)18-2/h4-11H,3,12H2,1-2H3,(H,18,19). The number of carbonyl (C=O) groups excluding carboxylic acids is 1. The quantitative estimate of drug-likeness (QED) is 0.905. The molecule has 2 aromatic rings. The first-order chi connectivity index (χ1) is 9.74. The number of carbonyl (C=O) groups is 1. The Hall–Kier alpha value is -2.29. The van der Waals surface area contributed by atoms with Crippen molar-refractivity contribution in [3.63, 3.8) is 0 Å². The molecule has 3 nitrogen and oxygen atoms in total. The summed E-state index contributed by atoms with van der Waals surface area (Å²) >= 11 is 0. The second-order valence-electron chi connectivity index (χ2n) is 4.52. The van der Waals surface area contributed by atoms with Crippen LogP contribution in [-0.4, -0.2) is 13.0 Å². The third kappa shape index (κ3) is 3.38. The Kier molecular flexibility index (Phi) is 4.77. The molecule has 0 atom stereocenters. The summed E-state index contributed by atoms with van der Waals surface area (Å²) in [5.74, 6) is 0.722. The van der Waals surface area contributed by atoms with Crippen LogP contribution in [0.4, 0.5) is 0 Å². The predicted molar refractivity (Wildman–Crippen MR) is 80.0 cm³/mol. The Balaban J connectivity index is 2.08. The molecule has 104 valence electrons. The second-order valence-corrected chi connectivity index (χ2v) is 4.52. The topological polar surface area (TPSA) is 38.3 Å². The van der Waals surface area contributed by atoms with Gasteiger partial charge in [-0.3, -0.25) is 4.79 Å². The zero-order chi connectivity index (χ0) is 14.4. The Morgan fingerprint density at radius 3 is 2.45 bits per heavy atom. The Morgan fingerprint density at radius 1 is 1.10 bits per heavy atom. The highest BCUT2D eigenvalue weighted by Crippen LogP contribution is 2.16. The summed E-state index contributed by atoms with van der Waals surface area (Å²) in [7, 11) is 1.63. The largest absolute Gasteiger partial charge is 0.489 e. The molecule has 0 unspecified atom stereocenters. The van der Waals surface area contributed by atoms with E-state index in [1.807, 2.05) is 30.3 Å². The first kappa shape index (κ1) is 14.1. The van der Waals surface area contributed by atoms with Crippen LogP contribution in [0.25, 0.3) is 0 Å². The summed E-state index contributed by atoms with van der Waals surface area (Å²) < 4.78 is 5.75. The highest BCUT2D eigenvalue weighted by atomic mass is 16.5. The molecule has 0 radical (unpaired) electrons. The first-order valence-corrected chi connectivity index (χ1v) is 6.76. The number of hydrogen-bond donors (Lipinski definition) is 1. The van der Waals surface area contributed by atoms with Crippen LogP contribution in [0.1, 0.15) is 28.4 Å². The van der Waals surface area contributed by atoms with Gasteiger partial charge >= 0.3 is 0 Å². The number of rotatable bonds is 5. The van der Waals surface area contributed by atoms with Crippen molar-refractivity contribution in [2.45, 2.75) is 20.0 Å². The molecular formula is C17H19NO2. The van der Waals surface area contributed by atoms with E-state index in [0.717, 1.165) is 17.7 Å². The number of ether oxygens (including phenoxy) is 1. The maximum Gasteiger partial charge on any atom is 0.251 e. The molecule has 0 spiro atoms. The normalized spacial score (nSPS) is 10.1. The van der Waals surface area contributed by atoms with Crippen molar-refractivity contribution < 1.29 is 9.53 Å². The van der Waals surface area contributed by atoms with Crippen molar-refractivity contribution in [1.82, 2.24) is 5.32 Å². The van der Waals surface area contributed by atoms with E-state index in [9.17, 15) is 4.79 Å². The van der Waals surface area contributed by atoms with Gasteiger partial charge in [-0.2, -0.15) is 0 Å². The smallest absolute Gasteiger partial charge is 0.251 e. The van der Waals surface area contributed by atoms with Crippen molar-refractivity contribution in [2.24, 2.45) is 0 Å². The van der Waals surface area contributed by atoms with E-state index in [1.54, 1.807) is 13.1 Å². The molecule has 2 rings (SSSR count). The number of aryl methyl sites for hydroxylation is 1. The summed E-state index contributed by atoms with van der Waals surface area (Å²) in [5, 5.41) is 2.64. The van der Waals surface area contributed by atoms with E-state index in [1.165, 1.54) is 5.56 Å². The van der Waals surface area contributed by atoms with Crippen LogP contribution in [0, 0.1) is 0 Å². The zero-order valence-electron chi connectivity index (χ0n) is 11.8. The summed E-state index contributed by atoms with van der Waals surface area (Å²) in [6, 6.07) is 15.5. The molecule has 0 heterocycles. The van der Waals surface area contributed by atoms with Crippen LogP contribution in [0.15, 0.2) is 48.5 Å². The number of benzene rings is 2. The van der Waals surface area contributed by atoms with Gasteiger partial charge in [-0.1, -0.05) is 37.3 Å². The van der Waals surface area contributed by atoms with Crippen molar-refractivity contribution in [3.8, 4) is 5.75 Å². The highest BCUT2D eigenvalue weighted by molar-refractivity contribution is 5.95. The van der Waals surface area contributed by atoms with Gasteiger partial charge < -0.3 is 10.1 Å². The lowest BCUT2D eigenvalue weighted by atomic mass is 10.1. The Morgan fingerprint density at radius 2 is 1.80 bits per heavy atom. The van der Waals surface area contributed by atoms with Crippen molar-refractivity contribution in [2.75, 3.05) is 7.05 Å². The maximum atomic E-state index is 11.8.